The summed E-state index contributed by atoms with van der Waals surface area (Å²) in [6.07, 6.45) is 3.33. The highest BCUT2D eigenvalue weighted by atomic mass is 16.4. The number of nitrogens with zero attached hydrogens (tertiary/aromatic N) is 2. The number of aliphatic hydroxyl groups is 1. The van der Waals surface area contributed by atoms with Crippen molar-refractivity contribution in [2.75, 3.05) is 18.6 Å². The normalized spacial score (nSPS) is 10.3. The second-order valence-electron chi connectivity index (χ2n) is 6.56. The molecule has 0 spiro atoms. The fourth-order valence-electron chi connectivity index (χ4n) is 3.02. The fraction of sp³-hybridized carbons (Fsp3) is 0.167. The molecule has 0 aliphatic heterocycles. The minimum Gasteiger partial charge on any atom is -0.422 e. The molecule has 2 aromatic carbocycles. The van der Waals surface area contributed by atoms with E-state index in [9.17, 15) is 4.79 Å². The smallest absolute Gasteiger partial charge is 0.344 e. The van der Waals surface area contributed by atoms with E-state index in [1.54, 1.807) is 31.5 Å². The summed E-state index contributed by atoms with van der Waals surface area (Å²) >= 11 is 0. The van der Waals surface area contributed by atoms with Gasteiger partial charge in [-0.15, -0.1) is 0 Å². The van der Waals surface area contributed by atoms with Crippen LogP contribution in [0.4, 0.5) is 5.69 Å². The highest BCUT2D eigenvalue weighted by Gasteiger charge is 2.10. The van der Waals surface area contributed by atoms with Crippen LogP contribution in [0.2, 0.25) is 0 Å². The first-order valence-corrected chi connectivity index (χ1v) is 9.46. The summed E-state index contributed by atoms with van der Waals surface area (Å²) in [6, 6.07) is 21.7. The second-order valence-corrected chi connectivity index (χ2v) is 6.56. The minimum absolute atomic E-state index is 0.250. The number of rotatable bonds is 4. The van der Waals surface area contributed by atoms with E-state index in [0.717, 1.165) is 23.2 Å². The van der Waals surface area contributed by atoms with Gasteiger partial charge in [-0.2, -0.15) is 0 Å². The molecule has 0 amide bonds. The average molecular weight is 388 g/mol. The molecule has 1 N–H and O–H groups in total. The Kier molecular flexibility index (Phi) is 6.76. The van der Waals surface area contributed by atoms with E-state index in [1.807, 2.05) is 49.5 Å². The number of aliphatic hydroxyl groups excluding tert-OH is 1. The van der Waals surface area contributed by atoms with E-state index in [1.165, 1.54) is 5.56 Å². The fourth-order valence-corrected chi connectivity index (χ4v) is 3.02. The number of aromatic nitrogens is 1. The van der Waals surface area contributed by atoms with Gasteiger partial charge in [0.15, 0.2) is 0 Å². The molecule has 5 heteroatoms. The number of pyridine rings is 1. The Morgan fingerprint density at radius 3 is 2.38 bits per heavy atom. The molecule has 2 aromatic heterocycles. The Hall–Kier alpha value is -3.44. The zero-order valence-electron chi connectivity index (χ0n) is 16.6. The van der Waals surface area contributed by atoms with Crippen LogP contribution < -0.4 is 10.5 Å². The van der Waals surface area contributed by atoms with Crippen LogP contribution in [-0.2, 0) is 6.54 Å². The molecule has 0 fully saturated rings. The molecule has 0 bridgehead atoms. The summed E-state index contributed by atoms with van der Waals surface area (Å²) in [4.78, 5) is 18.5. The second kappa shape index (κ2) is 9.66. The molecule has 148 valence electrons. The number of benzene rings is 2. The molecule has 2 heterocycles. The summed E-state index contributed by atoms with van der Waals surface area (Å²) in [5.74, 6) is 0. The number of fused-ring (bicyclic) bond motifs is 1. The van der Waals surface area contributed by atoms with E-state index < -0.39 is 0 Å². The molecular weight excluding hydrogens is 364 g/mol. The van der Waals surface area contributed by atoms with E-state index in [4.69, 9.17) is 9.52 Å². The Balaban J connectivity index is 0.000000755. The quantitative estimate of drug-likeness (QED) is 0.522. The molecule has 4 aromatic rings. The van der Waals surface area contributed by atoms with Gasteiger partial charge in [0, 0.05) is 49.7 Å². The monoisotopic (exact) mass is 388 g/mol. The van der Waals surface area contributed by atoms with Crippen LogP contribution in [-0.4, -0.2) is 23.7 Å². The Labute approximate surface area is 169 Å². The lowest BCUT2D eigenvalue weighted by Crippen LogP contribution is -2.16. The molecule has 0 aliphatic carbocycles. The van der Waals surface area contributed by atoms with Gasteiger partial charge in [0.2, 0.25) is 0 Å². The van der Waals surface area contributed by atoms with Crippen molar-refractivity contribution in [3.8, 4) is 11.1 Å². The maximum absolute atomic E-state index is 12.4. The SMILES string of the molecule is CCO.CN(Cc1ccccc1)c1ccc2cc(-c3ccncc3)c(=O)oc2c1. The van der Waals surface area contributed by atoms with Gasteiger partial charge < -0.3 is 14.4 Å². The van der Waals surface area contributed by atoms with Gasteiger partial charge in [-0.25, -0.2) is 4.79 Å². The van der Waals surface area contributed by atoms with Gasteiger partial charge in [0.05, 0.1) is 5.56 Å². The third kappa shape index (κ3) is 5.09. The molecule has 4 rings (SSSR count). The Morgan fingerprint density at radius 2 is 1.69 bits per heavy atom. The van der Waals surface area contributed by atoms with Crippen molar-refractivity contribution in [2.45, 2.75) is 13.5 Å². The number of anilines is 1. The van der Waals surface area contributed by atoms with Crippen molar-refractivity contribution >= 4 is 16.7 Å². The van der Waals surface area contributed by atoms with Crippen LogP contribution in [0.25, 0.3) is 22.1 Å². The third-order valence-electron chi connectivity index (χ3n) is 4.41. The van der Waals surface area contributed by atoms with E-state index in [2.05, 4.69) is 22.0 Å². The predicted octanol–water partition coefficient (Wildman–Crippen LogP) is 4.49. The number of hydrogen-bond acceptors (Lipinski definition) is 5. The van der Waals surface area contributed by atoms with Gasteiger partial charge in [0.25, 0.3) is 0 Å². The van der Waals surface area contributed by atoms with Gasteiger partial charge >= 0.3 is 5.63 Å². The largest absolute Gasteiger partial charge is 0.422 e. The first kappa shape index (κ1) is 20.3. The van der Waals surface area contributed by atoms with E-state index in [0.29, 0.717) is 11.1 Å². The Morgan fingerprint density at radius 1 is 1.00 bits per heavy atom. The van der Waals surface area contributed by atoms with Crippen molar-refractivity contribution < 1.29 is 9.52 Å². The molecule has 0 saturated heterocycles. The van der Waals surface area contributed by atoms with E-state index >= 15 is 0 Å². The topological polar surface area (TPSA) is 66.6 Å². The van der Waals surface area contributed by atoms with Crippen molar-refractivity contribution in [2.24, 2.45) is 0 Å². The van der Waals surface area contributed by atoms with Crippen LogP contribution in [0, 0.1) is 0 Å². The van der Waals surface area contributed by atoms with E-state index in [-0.39, 0.29) is 12.2 Å². The summed E-state index contributed by atoms with van der Waals surface area (Å²) in [5.41, 5.74) is 3.83. The zero-order valence-corrected chi connectivity index (χ0v) is 16.6. The third-order valence-corrected chi connectivity index (χ3v) is 4.41. The summed E-state index contributed by atoms with van der Waals surface area (Å²) in [6.45, 7) is 2.71. The van der Waals surface area contributed by atoms with Gasteiger partial charge in [-0.05, 0) is 48.4 Å². The standard InChI is InChI=1S/C22H18N2O2.C2H6O/c1-24(15-16-5-3-2-4-6-16)19-8-7-18-13-20(17-9-11-23-12-10-17)22(25)26-21(18)14-19;1-2-3/h2-14H,15H2,1H3;3H,2H2,1H3. The average Bonchev–Trinajstić information content (AvgIpc) is 2.75. The van der Waals surface area contributed by atoms with Crippen molar-refractivity contribution in [1.82, 2.24) is 4.98 Å². The highest BCUT2D eigenvalue weighted by molar-refractivity contribution is 5.84. The molecule has 29 heavy (non-hydrogen) atoms. The first-order chi connectivity index (χ1) is 14.1. The minimum atomic E-state index is -0.341. The first-order valence-electron chi connectivity index (χ1n) is 9.46. The molecule has 0 unspecified atom stereocenters. The lowest BCUT2D eigenvalue weighted by Gasteiger charge is -2.19. The van der Waals surface area contributed by atoms with Crippen LogP contribution in [0.3, 0.4) is 0 Å². The molecule has 0 atom stereocenters. The highest BCUT2D eigenvalue weighted by Crippen LogP contribution is 2.25. The van der Waals surface area contributed by atoms with Crippen molar-refractivity contribution in [3.05, 3.63) is 95.1 Å². The molecule has 5 nitrogen and oxygen atoms in total. The summed E-state index contributed by atoms with van der Waals surface area (Å²) in [7, 11) is 2.03. The lowest BCUT2D eigenvalue weighted by atomic mass is 10.1. The van der Waals surface area contributed by atoms with Crippen LogP contribution in [0.5, 0.6) is 0 Å². The molecule has 0 saturated carbocycles. The zero-order chi connectivity index (χ0) is 20.6. The van der Waals surface area contributed by atoms with Crippen molar-refractivity contribution in [1.29, 1.82) is 0 Å². The van der Waals surface area contributed by atoms with Crippen LogP contribution in [0.1, 0.15) is 12.5 Å². The number of hydrogen-bond donors (Lipinski definition) is 1. The lowest BCUT2D eigenvalue weighted by molar-refractivity contribution is 0.318. The molecular formula is C24H24N2O3. The van der Waals surface area contributed by atoms with Gasteiger partial charge in [-0.3, -0.25) is 4.98 Å². The van der Waals surface area contributed by atoms with Crippen LogP contribution in [0.15, 0.2) is 88.3 Å². The maximum atomic E-state index is 12.4. The maximum Gasteiger partial charge on any atom is 0.344 e. The molecule has 0 aliphatic rings. The Bertz CT molecular complexity index is 1110. The van der Waals surface area contributed by atoms with Gasteiger partial charge in [0.1, 0.15) is 5.58 Å². The molecule has 0 radical (unpaired) electrons. The summed E-state index contributed by atoms with van der Waals surface area (Å²) < 4.78 is 5.59. The van der Waals surface area contributed by atoms with Crippen LogP contribution >= 0.6 is 0 Å². The summed E-state index contributed by atoms with van der Waals surface area (Å²) in [5, 5.41) is 8.47. The van der Waals surface area contributed by atoms with Gasteiger partial charge in [-0.1, -0.05) is 30.3 Å². The van der Waals surface area contributed by atoms with Crippen molar-refractivity contribution in [3.63, 3.8) is 0 Å². The predicted molar refractivity (Wildman–Crippen MR) is 117 cm³/mol.